The number of esters is 1. The highest BCUT2D eigenvalue weighted by molar-refractivity contribution is 5.93. The molecule has 164 valence electrons. The van der Waals surface area contributed by atoms with E-state index < -0.39 is 5.97 Å². The van der Waals surface area contributed by atoms with Crippen molar-refractivity contribution in [1.29, 1.82) is 0 Å². The first-order valence-corrected chi connectivity index (χ1v) is 10.9. The number of amides is 1. The summed E-state index contributed by atoms with van der Waals surface area (Å²) in [4.78, 5) is 29.0. The van der Waals surface area contributed by atoms with Gasteiger partial charge in [0.2, 0.25) is 5.91 Å². The molecule has 4 aromatic rings. The molecule has 0 unspecified atom stereocenters. The van der Waals surface area contributed by atoms with Gasteiger partial charge < -0.3 is 14.8 Å². The molecule has 0 atom stereocenters. The molecule has 5 rings (SSSR count). The number of anilines is 1. The van der Waals surface area contributed by atoms with Crippen molar-refractivity contribution in [3.63, 3.8) is 0 Å². The Kier molecular flexibility index (Phi) is 5.72. The van der Waals surface area contributed by atoms with Gasteiger partial charge in [0.15, 0.2) is 0 Å². The first-order valence-electron chi connectivity index (χ1n) is 10.9. The van der Waals surface area contributed by atoms with Gasteiger partial charge >= 0.3 is 5.97 Å². The Balaban J connectivity index is 1.26. The lowest BCUT2D eigenvalue weighted by atomic mass is 10.1. The summed E-state index contributed by atoms with van der Waals surface area (Å²) in [5.74, 6) is 0.543. The van der Waals surface area contributed by atoms with Crippen molar-refractivity contribution in [3.05, 3.63) is 95.7 Å². The molecule has 0 bridgehead atoms. The van der Waals surface area contributed by atoms with Crippen molar-refractivity contribution in [3.8, 4) is 11.5 Å². The van der Waals surface area contributed by atoms with E-state index in [-0.39, 0.29) is 5.91 Å². The quantitative estimate of drug-likeness (QED) is 0.338. The molecule has 1 aromatic heterocycles. The number of aromatic nitrogens is 1. The first-order chi connectivity index (χ1) is 16.1. The molecule has 0 aliphatic carbocycles. The van der Waals surface area contributed by atoms with E-state index in [0.717, 1.165) is 40.7 Å². The van der Waals surface area contributed by atoms with Gasteiger partial charge in [0.05, 0.1) is 16.8 Å². The molecular weight excluding hydrogens is 416 g/mol. The van der Waals surface area contributed by atoms with Crippen LogP contribution in [0, 0.1) is 0 Å². The maximum absolute atomic E-state index is 12.7. The second kappa shape index (κ2) is 9.12. The predicted octanol–water partition coefficient (Wildman–Crippen LogP) is 5.31. The smallest absolute Gasteiger partial charge is 0.343 e. The zero-order valence-corrected chi connectivity index (χ0v) is 17.9. The number of nitrogens with zero attached hydrogens (tertiary/aromatic N) is 1. The summed E-state index contributed by atoms with van der Waals surface area (Å²) in [6.07, 6.45) is 2.01. The molecule has 1 aliphatic heterocycles. The van der Waals surface area contributed by atoms with Crippen molar-refractivity contribution in [1.82, 2.24) is 4.98 Å². The number of rotatable bonds is 5. The standard InChI is InChI=1S/C27H22N2O4/c30-26-10-4-6-19-15-23(13-14-25(19)29-26)33-27(31)20-7-3-8-22(16-20)32-17-21-12-11-18-5-1-2-9-24(18)28-21/h1-3,5,7-9,11-16H,4,6,10,17H2,(H,29,30). The predicted molar refractivity (Wildman–Crippen MR) is 125 cm³/mol. The average molecular weight is 438 g/mol. The second-order valence-corrected chi connectivity index (χ2v) is 7.92. The normalized spacial score (nSPS) is 13.0. The lowest BCUT2D eigenvalue weighted by Gasteiger charge is -2.11. The van der Waals surface area contributed by atoms with E-state index in [1.165, 1.54) is 0 Å². The number of fused-ring (bicyclic) bond motifs is 2. The van der Waals surface area contributed by atoms with E-state index >= 15 is 0 Å². The number of aryl methyl sites for hydroxylation is 1. The molecule has 0 spiro atoms. The molecule has 33 heavy (non-hydrogen) atoms. The minimum absolute atomic E-state index is 0.00852. The molecule has 3 aromatic carbocycles. The first kappa shape index (κ1) is 20.7. The van der Waals surface area contributed by atoms with Gasteiger partial charge in [-0.2, -0.15) is 0 Å². The van der Waals surface area contributed by atoms with Crippen LogP contribution in [0.4, 0.5) is 5.69 Å². The number of hydrogen-bond donors (Lipinski definition) is 1. The van der Waals surface area contributed by atoms with Gasteiger partial charge in [-0.25, -0.2) is 9.78 Å². The second-order valence-electron chi connectivity index (χ2n) is 7.92. The van der Waals surface area contributed by atoms with Crippen LogP contribution in [0.15, 0.2) is 78.9 Å². The van der Waals surface area contributed by atoms with Gasteiger partial charge in [-0.3, -0.25) is 4.79 Å². The number of carbonyl (C=O) groups is 2. The number of para-hydroxylation sites is 1. The molecule has 0 saturated carbocycles. The summed E-state index contributed by atoms with van der Waals surface area (Å²) in [6, 6.07) is 24.0. The molecule has 0 radical (unpaired) electrons. The largest absolute Gasteiger partial charge is 0.487 e. The third-order valence-corrected chi connectivity index (χ3v) is 5.52. The van der Waals surface area contributed by atoms with Gasteiger partial charge in [0.1, 0.15) is 18.1 Å². The summed E-state index contributed by atoms with van der Waals surface area (Å²) in [5.41, 5.74) is 3.85. The Morgan fingerprint density at radius 1 is 0.909 bits per heavy atom. The van der Waals surface area contributed by atoms with E-state index in [1.807, 2.05) is 42.5 Å². The molecule has 1 aliphatic rings. The van der Waals surface area contributed by atoms with Crippen molar-refractivity contribution < 1.29 is 19.1 Å². The lowest BCUT2D eigenvalue weighted by molar-refractivity contribution is -0.116. The highest BCUT2D eigenvalue weighted by atomic mass is 16.5. The zero-order valence-electron chi connectivity index (χ0n) is 17.9. The van der Waals surface area contributed by atoms with Gasteiger partial charge in [0, 0.05) is 17.5 Å². The average Bonchev–Trinajstić information content (AvgIpc) is 3.03. The summed E-state index contributed by atoms with van der Waals surface area (Å²) in [7, 11) is 0. The van der Waals surface area contributed by atoms with Gasteiger partial charge in [-0.15, -0.1) is 0 Å². The monoisotopic (exact) mass is 438 g/mol. The minimum Gasteiger partial charge on any atom is -0.487 e. The van der Waals surface area contributed by atoms with Crippen LogP contribution < -0.4 is 14.8 Å². The van der Waals surface area contributed by atoms with Crippen LogP contribution in [0.2, 0.25) is 0 Å². The number of ether oxygens (including phenoxy) is 2. The highest BCUT2D eigenvalue weighted by Gasteiger charge is 2.15. The maximum atomic E-state index is 12.7. The number of nitrogens with one attached hydrogen (secondary N) is 1. The molecule has 6 heteroatoms. The zero-order chi connectivity index (χ0) is 22.6. The van der Waals surface area contributed by atoms with Gasteiger partial charge in [-0.1, -0.05) is 30.3 Å². The number of benzene rings is 3. The van der Waals surface area contributed by atoms with Crippen molar-refractivity contribution >= 4 is 28.5 Å². The van der Waals surface area contributed by atoms with Gasteiger partial charge in [-0.05, 0) is 66.9 Å². The fourth-order valence-corrected chi connectivity index (χ4v) is 3.84. The Morgan fingerprint density at radius 3 is 2.76 bits per heavy atom. The summed E-state index contributed by atoms with van der Waals surface area (Å²) >= 11 is 0. The third kappa shape index (κ3) is 4.85. The summed E-state index contributed by atoms with van der Waals surface area (Å²) in [6.45, 7) is 0.292. The molecule has 6 nitrogen and oxygen atoms in total. The van der Waals surface area contributed by atoms with E-state index in [1.54, 1.807) is 36.4 Å². The summed E-state index contributed by atoms with van der Waals surface area (Å²) in [5, 5.41) is 3.95. The molecule has 1 amide bonds. The van der Waals surface area contributed by atoms with Crippen molar-refractivity contribution in [2.24, 2.45) is 0 Å². The van der Waals surface area contributed by atoms with E-state index in [9.17, 15) is 9.59 Å². The lowest BCUT2D eigenvalue weighted by Crippen LogP contribution is -2.10. The van der Waals surface area contributed by atoms with Crippen LogP contribution in [0.3, 0.4) is 0 Å². The summed E-state index contributed by atoms with van der Waals surface area (Å²) < 4.78 is 11.5. The van der Waals surface area contributed by atoms with E-state index in [2.05, 4.69) is 10.3 Å². The molecule has 0 saturated heterocycles. The Hall–Kier alpha value is -4.19. The van der Waals surface area contributed by atoms with Crippen LogP contribution in [0.25, 0.3) is 10.9 Å². The van der Waals surface area contributed by atoms with E-state index in [4.69, 9.17) is 9.47 Å². The molecule has 1 N–H and O–H groups in total. The van der Waals surface area contributed by atoms with Crippen LogP contribution in [0.1, 0.15) is 34.5 Å². The van der Waals surface area contributed by atoms with Crippen molar-refractivity contribution in [2.75, 3.05) is 5.32 Å². The fourth-order valence-electron chi connectivity index (χ4n) is 3.84. The fraction of sp³-hybridized carbons (Fsp3) is 0.148. The number of pyridine rings is 1. The van der Waals surface area contributed by atoms with Crippen LogP contribution >= 0.6 is 0 Å². The Bertz CT molecular complexity index is 1350. The van der Waals surface area contributed by atoms with Crippen LogP contribution in [-0.2, 0) is 17.8 Å². The van der Waals surface area contributed by atoms with Crippen LogP contribution in [-0.4, -0.2) is 16.9 Å². The SMILES string of the molecule is O=C1CCCc2cc(OC(=O)c3cccc(OCc4ccc5ccccc5n4)c3)ccc2N1. The molecule has 2 heterocycles. The Morgan fingerprint density at radius 2 is 1.82 bits per heavy atom. The Labute approximate surface area is 191 Å². The number of hydrogen-bond acceptors (Lipinski definition) is 5. The highest BCUT2D eigenvalue weighted by Crippen LogP contribution is 2.27. The van der Waals surface area contributed by atoms with Crippen LogP contribution in [0.5, 0.6) is 11.5 Å². The maximum Gasteiger partial charge on any atom is 0.343 e. The third-order valence-electron chi connectivity index (χ3n) is 5.52. The number of carbonyl (C=O) groups excluding carboxylic acids is 2. The molecular formula is C27H22N2O4. The minimum atomic E-state index is -0.470. The van der Waals surface area contributed by atoms with Gasteiger partial charge in [0.25, 0.3) is 0 Å². The van der Waals surface area contributed by atoms with Crippen molar-refractivity contribution in [2.45, 2.75) is 25.9 Å². The molecule has 0 fully saturated rings. The van der Waals surface area contributed by atoms with E-state index in [0.29, 0.717) is 30.1 Å². The topological polar surface area (TPSA) is 77.5 Å².